The summed E-state index contributed by atoms with van der Waals surface area (Å²) in [7, 11) is 0. The Morgan fingerprint density at radius 2 is 2.22 bits per heavy atom. The predicted octanol–water partition coefficient (Wildman–Crippen LogP) is 3.78. The van der Waals surface area contributed by atoms with Crippen LogP contribution in [-0.2, 0) is 6.54 Å². The van der Waals surface area contributed by atoms with Crippen molar-refractivity contribution in [3.8, 4) is 0 Å². The predicted molar refractivity (Wildman–Crippen MR) is 83.0 cm³/mol. The molecule has 1 aromatic heterocycles. The van der Waals surface area contributed by atoms with Gasteiger partial charge >= 0.3 is 0 Å². The Bertz CT molecular complexity index is 367. The van der Waals surface area contributed by atoms with Crippen LogP contribution in [0.2, 0.25) is 0 Å². The summed E-state index contributed by atoms with van der Waals surface area (Å²) in [5, 5.41) is 6.58. The minimum atomic E-state index is 0.438. The van der Waals surface area contributed by atoms with Gasteiger partial charge in [-0.25, -0.2) is 0 Å². The van der Waals surface area contributed by atoms with Gasteiger partial charge in [-0.2, -0.15) is 0 Å². The van der Waals surface area contributed by atoms with E-state index in [1.54, 1.807) is 11.3 Å². The number of nitrogens with zero attached hydrogens (tertiary/aromatic N) is 1. The van der Waals surface area contributed by atoms with Crippen molar-refractivity contribution in [1.82, 2.24) is 10.2 Å². The molecule has 0 aliphatic heterocycles. The highest BCUT2D eigenvalue weighted by molar-refractivity contribution is 7.80. The normalized spacial score (nSPS) is 16.2. The molecule has 0 saturated heterocycles. The molecule has 1 saturated carbocycles. The average molecular weight is 282 g/mol. The highest BCUT2D eigenvalue weighted by Crippen LogP contribution is 2.19. The molecule has 0 radical (unpaired) electrons. The molecule has 0 amide bonds. The van der Waals surface area contributed by atoms with Crippen molar-refractivity contribution in [2.75, 3.05) is 0 Å². The van der Waals surface area contributed by atoms with Gasteiger partial charge in [0.1, 0.15) is 0 Å². The lowest BCUT2D eigenvalue weighted by Crippen LogP contribution is -2.46. The highest BCUT2D eigenvalue weighted by atomic mass is 32.1. The lowest BCUT2D eigenvalue weighted by atomic mass is 10.2. The molecular weight excluding hydrogens is 260 g/mol. The summed E-state index contributed by atoms with van der Waals surface area (Å²) in [5.41, 5.74) is 0. The van der Waals surface area contributed by atoms with Gasteiger partial charge in [-0.3, -0.25) is 0 Å². The van der Waals surface area contributed by atoms with Crippen molar-refractivity contribution in [3.63, 3.8) is 0 Å². The van der Waals surface area contributed by atoms with E-state index in [9.17, 15) is 0 Å². The van der Waals surface area contributed by atoms with Gasteiger partial charge in [0.05, 0.1) is 6.54 Å². The first-order valence-electron chi connectivity index (χ1n) is 6.76. The molecule has 100 valence electrons. The van der Waals surface area contributed by atoms with Crippen molar-refractivity contribution in [2.45, 2.75) is 58.2 Å². The molecule has 1 heterocycles. The molecule has 1 aliphatic rings. The number of hydrogen-bond donors (Lipinski definition) is 1. The molecule has 1 aromatic rings. The highest BCUT2D eigenvalue weighted by Gasteiger charge is 2.20. The fraction of sp³-hybridized carbons (Fsp3) is 0.643. The second kappa shape index (κ2) is 6.53. The van der Waals surface area contributed by atoms with Crippen LogP contribution in [0.25, 0.3) is 0 Å². The van der Waals surface area contributed by atoms with Crippen LogP contribution in [0.1, 0.15) is 44.4 Å². The molecular formula is C14H22N2S2. The Morgan fingerprint density at radius 3 is 2.78 bits per heavy atom. The van der Waals surface area contributed by atoms with Gasteiger partial charge in [-0.15, -0.1) is 11.3 Å². The van der Waals surface area contributed by atoms with Gasteiger partial charge in [-0.05, 0) is 50.4 Å². The van der Waals surface area contributed by atoms with E-state index in [0.717, 1.165) is 11.7 Å². The molecule has 0 bridgehead atoms. The SMILES string of the molecule is CC(C)N(Cc1cccs1)C(=S)NC1CCCC1. The average Bonchev–Trinajstić information content (AvgIpc) is 2.97. The molecule has 0 aromatic carbocycles. The van der Waals surface area contributed by atoms with E-state index in [0.29, 0.717) is 12.1 Å². The van der Waals surface area contributed by atoms with Crippen LogP contribution in [0.3, 0.4) is 0 Å². The fourth-order valence-electron chi connectivity index (χ4n) is 2.39. The quantitative estimate of drug-likeness (QED) is 0.846. The summed E-state index contributed by atoms with van der Waals surface area (Å²) in [6, 6.07) is 5.32. The van der Waals surface area contributed by atoms with E-state index in [2.05, 4.69) is 41.6 Å². The van der Waals surface area contributed by atoms with E-state index in [4.69, 9.17) is 12.2 Å². The third-order valence-electron chi connectivity index (χ3n) is 3.47. The molecule has 0 unspecified atom stereocenters. The summed E-state index contributed by atoms with van der Waals surface area (Å²) >= 11 is 7.38. The number of thiocarbonyl (C=S) groups is 1. The molecule has 2 rings (SSSR count). The lowest BCUT2D eigenvalue weighted by Gasteiger charge is -2.31. The smallest absolute Gasteiger partial charge is 0.169 e. The number of rotatable bonds is 4. The zero-order chi connectivity index (χ0) is 13.0. The second-order valence-electron chi connectivity index (χ2n) is 5.23. The van der Waals surface area contributed by atoms with Crippen LogP contribution < -0.4 is 5.32 Å². The summed E-state index contributed by atoms with van der Waals surface area (Å²) in [6.45, 7) is 5.33. The molecule has 0 atom stereocenters. The monoisotopic (exact) mass is 282 g/mol. The van der Waals surface area contributed by atoms with Crippen molar-refractivity contribution in [1.29, 1.82) is 0 Å². The number of thiophene rings is 1. The summed E-state index contributed by atoms with van der Waals surface area (Å²) in [5.74, 6) is 0. The third kappa shape index (κ3) is 3.69. The Balaban J connectivity index is 1.93. The van der Waals surface area contributed by atoms with Crippen LogP contribution in [0.5, 0.6) is 0 Å². The summed E-state index contributed by atoms with van der Waals surface area (Å²) in [6.07, 6.45) is 5.22. The van der Waals surface area contributed by atoms with Gasteiger partial charge < -0.3 is 10.2 Å². The minimum absolute atomic E-state index is 0.438. The maximum atomic E-state index is 5.58. The van der Waals surface area contributed by atoms with Gasteiger partial charge in [0, 0.05) is 17.0 Å². The Hall–Kier alpha value is -0.610. The summed E-state index contributed by atoms with van der Waals surface area (Å²) in [4.78, 5) is 3.67. The van der Waals surface area contributed by atoms with E-state index in [1.807, 2.05) is 0 Å². The second-order valence-corrected chi connectivity index (χ2v) is 6.65. The van der Waals surface area contributed by atoms with Crippen LogP contribution >= 0.6 is 23.6 Å². The van der Waals surface area contributed by atoms with Gasteiger partial charge in [0.2, 0.25) is 0 Å². The van der Waals surface area contributed by atoms with Gasteiger partial charge in [-0.1, -0.05) is 18.9 Å². The molecule has 4 heteroatoms. The molecule has 1 aliphatic carbocycles. The maximum absolute atomic E-state index is 5.58. The van der Waals surface area contributed by atoms with Crippen molar-refractivity contribution < 1.29 is 0 Å². The van der Waals surface area contributed by atoms with Crippen molar-refractivity contribution in [2.24, 2.45) is 0 Å². The van der Waals surface area contributed by atoms with Crippen molar-refractivity contribution >= 4 is 28.7 Å². The first kappa shape index (κ1) is 13.8. The fourth-order valence-corrected chi connectivity index (χ4v) is 3.53. The van der Waals surface area contributed by atoms with Gasteiger partial charge in [0.25, 0.3) is 0 Å². The zero-order valence-electron chi connectivity index (χ0n) is 11.2. The molecule has 18 heavy (non-hydrogen) atoms. The number of hydrogen-bond acceptors (Lipinski definition) is 2. The van der Waals surface area contributed by atoms with Crippen LogP contribution in [0.15, 0.2) is 17.5 Å². The molecule has 0 spiro atoms. The Kier molecular flexibility index (Phi) is 5.01. The number of nitrogens with one attached hydrogen (secondary N) is 1. The van der Waals surface area contributed by atoms with E-state index < -0.39 is 0 Å². The van der Waals surface area contributed by atoms with E-state index >= 15 is 0 Å². The first-order chi connectivity index (χ1) is 8.66. The van der Waals surface area contributed by atoms with E-state index in [1.165, 1.54) is 30.6 Å². The van der Waals surface area contributed by atoms with Crippen LogP contribution in [-0.4, -0.2) is 22.1 Å². The topological polar surface area (TPSA) is 15.3 Å². The van der Waals surface area contributed by atoms with E-state index in [-0.39, 0.29) is 0 Å². The standard InChI is InChI=1S/C14H22N2S2/c1-11(2)16(10-13-8-5-9-18-13)14(17)15-12-6-3-4-7-12/h5,8-9,11-12H,3-4,6-7,10H2,1-2H3,(H,15,17). The molecule has 1 N–H and O–H groups in total. The van der Waals surface area contributed by atoms with Crippen LogP contribution in [0, 0.1) is 0 Å². The molecule has 1 fully saturated rings. The maximum Gasteiger partial charge on any atom is 0.169 e. The minimum Gasteiger partial charge on any atom is -0.360 e. The largest absolute Gasteiger partial charge is 0.360 e. The Morgan fingerprint density at radius 1 is 1.50 bits per heavy atom. The first-order valence-corrected chi connectivity index (χ1v) is 8.05. The van der Waals surface area contributed by atoms with Crippen LogP contribution in [0.4, 0.5) is 0 Å². The third-order valence-corrected chi connectivity index (χ3v) is 4.69. The Labute approximate surface area is 119 Å². The van der Waals surface area contributed by atoms with Crippen molar-refractivity contribution in [3.05, 3.63) is 22.4 Å². The van der Waals surface area contributed by atoms with Gasteiger partial charge in [0.15, 0.2) is 5.11 Å². The lowest BCUT2D eigenvalue weighted by molar-refractivity contribution is 0.335. The molecule has 2 nitrogen and oxygen atoms in total. The zero-order valence-corrected chi connectivity index (χ0v) is 12.8. The summed E-state index contributed by atoms with van der Waals surface area (Å²) < 4.78 is 0.